The highest BCUT2D eigenvalue weighted by Gasteiger charge is 2.26. The molecule has 4 nitrogen and oxygen atoms in total. The highest BCUT2D eigenvalue weighted by atomic mass is 16.2. The molecule has 4 heteroatoms. The fourth-order valence-electron chi connectivity index (χ4n) is 4.11. The zero-order valence-electron chi connectivity index (χ0n) is 15.3. The standard InChI is InChI=1S/C24H14O4/c1-11-3-6-13(7-4-11)14-9-16-19-17(10-14)23(27)24(28)18-12(2)5-8-15(20(18)19)21(25)22(16)26/h3-10H,1-2H3. The van der Waals surface area contributed by atoms with Gasteiger partial charge in [-0.15, -0.1) is 0 Å². The maximum atomic E-state index is 12.9. The summed E-state index contributed by atoms with van der Waals surface area (Å²) in [5.41, 5.74) is 1.44. The van der Waals surface area contributed by atoms with Crippen LogP contribution in [-0.4, -0.2) is 0 Å². The van der Waals surface area contributed by atoms with E-state index >= 15 is 0 Å². The van der Waals surface area contributed by atoms with Crippen LogP contribution >= 0.6 is 0 Å². The summed E-state index contributed by atoms with van der Waals surface area (Å²) in [7, 11) is 0. The second kappa shape index (κ2) is 5.42. The minimum Gasteiger partial charge on any atom is -0.285 e. The molecule has 2 aliphatic carbocycles. The van der Waals surface area contributed by atoms with Crippen molar-refractivity contribution in [1.29, 1.82) is 0 Å². The molecule has 3 aromatic rings. The SMILES string of the molecule is Cc1ccc(-c2cc3c4c(c2)c(=O)c(=O)c2c(C)ccc(c2-4)c(=O)c3=O)cc1. The van der Waals surface area contributed by atoms with Crippen LogP contribution < -0.4 is 21.7 Å². The van der Waals surface area contributed by atoms with Crippen molar-refractivity contribution in [2.75, 3.05) is 0 Å². The van der Waals surface area contributed by atoms with E-state index in [-0.39, 0.29) is 21.5 Å². The molecule has 0 bridgehead atoms. The molecule has 0 saturated carbocycles. The van der Waals surface area contributed by atoms with E-state index in [1.165, 1.54) is 0 Å². The predicted octanol–water partition coefficient (Wildman–Crippen LogP) is 3.14. The zero-order valence-corrected chi connectivity index (χ0v) is 15.3. The van der Waals surface area contributed by atoms with E-state index in [2.05, 4.69) is 0 Å². The van der Waals surface area contributed by atoms with Gasteiger partial charge in [-0.05, 0) is 48.7 Å². The van der Waals surface area contributed by atoms with Crippen molar-refractivity contribution >= 4 is 21.5 Å². The minimum atomic E-state index is -0.644. The summed E-state index contributed by atoms with van der Waals surface area (Å²) in [5, 5.41) is 0.819. The first-order chi connectivity index (χ1) is 13.4. The topological polar surface area (TPSA) is 68.3 Å². The van der Waals surface area contributed by atoms with Crippen LogP contribution in [0.2, 0.25) is 0 Å². The summed E-state index contributed by atoms with van der Waals surface area (Å²) in [6.45, 7) is 3.69. The maximum Gasteiger partial charge on any atom is 0.234 e. The Hall–Kier alpha value is -3.66. The monoisotopic (exact) mass is 366 g/mol. The first kappa shape index (κ1) is 16.5. The average Bonchev–Trinajstić information content (AvgIpc) is 2.69. The number of rotatable bonds is 1. The molecule has 0 N–H and O–H groups in total. The van der Waals surface area contributed by atoms with E-state index in [9.17, 15) is 19.2 Å². The average molecular weight is 366 g/mol. The van der Waals surface area contributed by atoms with Crippen molar-refractivity contribution in [3.8, 4) is 22.3 Å². The molecule has 0 heterocycles. The van der Waals surface area contributed by atoms with Crippen LogP contribution in [-0.2, 0) is 0 Å². The summed E-state index contributed by atoms with van der Waals surface area (Å²) >= 11 is 0. The van der Waals surface area contributed by atoms with Gasteiger partial charge in [0.1, 0.15) is 0 Å². The van der Waals surface area contributed by atoms with Gasteiger partial charge < -0.3 is 0 Å². The maximum absolute atomic E-state index is 12.9. The molecule has 0 fully saturated rings. The lowest BCUT2D eigenvalue weighted by Gasteiger charge is -2.17. The fraction of sp³-hybridized carbons (Fsp3) is 0.0833. The van der Waals surface area contributed by atoms with E-state index in [0.717, 1.165) is 11.1 Å². The van der Waals surface area contributed by atoms with Crippen LogP contribution in [0.1, 0.15) is 11.1 Å². The van der Waals surface area contributed by atoms with Crippen molar-refractivity contribution in [2.45, 2.75) is 13.8 Å². The van der Waals surface area contributed by atoms with Gasteiger partial charge in [-0.25, -0.2) is 0 Å². The Morgan fingerprint density at radius 3 is 1.75 bits per heavy atom. The third-order valence-electron chi connectivity index (χ3n) is 5.56. The van der Waals surface area contributed by atoms with Crippen molar-refractivity contribution < 1.29 is 0 Å². The molecule has 0 saturated heterocycles. The Kier molecular flexibility index (Phi) is 3.20. The lowest BCUT2D eigenvalue weighted by Crippen LogP contribution is -2.31. The Balaban J connectivity index is 2.10. The molecule has 28 heavy (non-hydrogen) atoms. The summed E-state index contributed by atoms with van der Waals surface area (Å²) in [6.07, 6.45) is 0. The molecule has 0 radical (unpaired) electrons. The van der Waals surface area contributed by atoms with E-state index in [1.807, 2.05) is 31.2 Å². The second-order valence-electron chi connectivity index (χ2n) is 7.31. The van der Waals surface area contributed by atoms with Crippen LogP contribution in [0.5, 0.6) is 0 Å². The number of aryl methyl sites for hydroxylation is 2. The van der Waals surface area contributed by atoms with Crippen LogP contribution in [0.3, 0.4) is 0 Å². The van der Waals surface area contributed by atoms with E-state index in [1.54, 1.807) is 31.2 Å². The van der Waals surface area contributed by atoms with Gasteiger partial charge in [-0.2, -0.15) is 0 Å². The van der Waals surface area contributed by atoms with E-state index < -0.39 is 21.7 Å². The Labute approximate surface area is 158 Å². The van der Waals surface area contributed by atoms with Gasteiger partial charge in [0.15, 0.2) is 0 Å². The smallest absolute Gasteiger partial charge is 0.234 e. The highest BCUT2D eigenvalue weighted by Crippen LogP contribution is 2.37. The molecule has 0 aromatic heterocycles. The van der Waals surface area contributed by atoms with Crippen molar-refractivity contribution in [1.82, 2.24) is 0 Å². The first-order valence-corrected chi connectivity index (χ1v) is 8.95. The largest absolute Gasteiger partial charge is 0.285 e. The second-order valence-corrected chi connectivity index (χ2v) is 7.31. The molecule has 0 unspecified atom stereocenters. The Morgan fingerprint density at radius 2 is 1.11 bits per heavy atom. The first-order valence-electron chi connectivity index (χ1n) is 8.95. The third kappa shape index (κ3) is 2.00. The summed E-state index contributed by atoms with van der Waals surface area (Å²) in [5.74, 6) is 0. The Bertz CT molecular complexity index is 1580. The lowest BCUT2D eigenvalue weighted by molar-refractivity contribution is 1.44. The minimum absolute atomic E-state index is 0.193. The quantitative estimate of drug-likeness (QED) is 0.338. The van der Waals surface area contributed by atoms with Gasteiger partial charge in [0, 0.05) is 32.7 Å². The van der Waals surface area contributed by atoms with Gasteiger partial charge in [0.25, 0.3) is 0 Å². The van der Waals surface area contributed by atoms with Crippen molar-refractivity contribution in [2.24, 2.45) is 0 Å². The molecular weight excluding hydrogens is 352 g/mol. The number of benzene rings is 5. The van der Waals surface area contributed by atoms with Gasteiger partial charge in [0.05, 0.1) is 0 Å². The molecule has 0 aliphatic heterocycles. The molecule has 3 aromatic carbocycles. The number of hydrogen-bond acceptors (Lipinski definition) is 4. The van der Waals surface area contributed by atoms with Crippen LogP contribution in [0.4, 0.5) is 0 Å². The van der Waals surface area contributed by atoms with Crippen LogP contribution in [0, 0.1) is 13.8 Å². The highest BCUT2D eigenvalue weighted by molar-refractivity contribution is 6.13. The Morgan fingerprint density at radius 1 is 0.536 bits per heavy atom. The van der Waals surface area contributed by atoms with Crippen LogP contribution in [0.25, 0.3) is 43.8 Å². The van der Waals surface area contributed by atoms with Crippen molar-refractivity contribution in [3.05, 3.63) is 101 Å². The summed E-state index contributed by atoms with van der Waals surface area (Å²) in [6, 6.07) is 14.1. The molecule has 0 spiro atoms. The molecule has 5 rings (SSSR count). The van der Waals surface area contributed by atoms with Crippen LogP contribution in [0.15, 0.2) is 67.7 Å². The summed E-state index contributed by atoms with van der Waals surface area (Å²) in [4.78, 5) is 51.3. The van der Waals surface area contributed by atoms with Crippen molar-refractivity contribution in [3.63, 3.8) is 0 Å². The molecular formula is C24H14O4. The van der Waals surface area contributed by atoms with E-state index in [4.69, 9.17) is 0 Å². The molecule has 0 atom stereocenters. The van der Waals surface area contributed by atoms with Gasteiger partial charge in [-0.1, -0.05) is 35.9 Å². The van der Waals surface area contributed by atoms with Gasteiger partial charge >= 0.3 is 0 Å². The van der Waals surface area contributed by atoms with E-state index in [0.29, 0.717) is 22.3 Å². The predicted molar refractivity (Wildman–Crippen MR) is 112 cm³/mol. The molecule has 134 valence electrons. The molecule has 2 aliphatic rings. The summed E-state index contributed by atoms with van der Waals surface area (Å²) < 4.78 is 0. The molecule has 0 amide bonds. The van der Waals surface area contributed by atoms with Gasteiger partial charge in [0.2, 0.25) is 21.7 Å². The zero-order chi connectivity index (χ0) is 19.7. The van der Waals surface area contributed by atoms with Gasteiger partial charge in [-0.3, -0.25) is 19.2 Å². The number of hydrogen-bond donors (Lipinski definition) is 0. The fourth-order valence-corrected chi connectivity index (χ4v) is 4.11. The third-order valence-corrected chi connectivity index (χ3v) is 5.56. The normalized spacial score (nSPS) is 11.8. The lowest BCUT2D eigenvalue weighted by atomic mass is 9.84.